The lowest BCUT2D eigenvalue weighted by Gasteiger charge is -2.26. The average molecular weight is 871 g/mol. The van der Waals surface area contributed by atoms with E-state index in [1.54, 1.807) is 0 Å². The third-order valence-electron chi connectivity index (χ3n) is 13.4. The van der Waals surface area contributed by atoms with Crippen molar-refractivity contribution in [2.75, 3.05) is 4.90 Å². The number of para-hydroxylation sites is 1. The van der Waals surface area contributed by atoms with Crippen molar-refractivity contribution in [3.63, 3.8) is 0 Å². The van der Waals surface area contributed by atoms with Crippen molar-refractivity contribution >= 4 is 81.1 Å². The van der Waals surface area contributed by atoms with Gasteiger partial charge in [0.05, 0.1) is 16.7 Å². The zero-order valence-corrected chi connectivity index (χ0v) is 37.4. The Bertz CT molecular complexity index is 3930. The molecule has 11 aromatic carbocycles. The summed E-state index contributed by atoms with van der Waals surface area (Å²) >= 11 is 1.88. The molecule has 2 heterocycles. The van der Waals surface area contributed by atoms with Crippen molar-refractivity contribution in [1.82, 2.24) is 4.57 Å². The summed E-state index contributed by atoms with van der Waals surface area (Å²) < 4.78 is 5.07. The van der Waals surface area contributed by atoms with Gasteiger partial charge in [-0.2, -0.15) is 0 Å². The molecule has 0 aliphatic heterocycles. The first kappa shape index (κ1) is 38.9. The van der Waals surface area contributed by atoms with Gasteiger partial charge in [0.1, 0.15) is 0 Å². The van der Waals surface area contributed by atoms with Gasteiger partial charge in [-0.05, 0) is 117 Å². The molecule has 67 heavy (non-hydrogen) atoms. The number of hydrogen-bond acceptors (Lipinski definition) is 2. The monoisotopic (exact) mass is 870 g/mol. The highest BCUT2D eigenvalue weighted by Crippen LogP contribution is 2.43. The Balaban J connectivity index is 0.876. The number of fused-ring (bicyclic) bond motifs is 7. The molecule has 0 aliphatic carbocycles. The maximum atomic E-state index is 2.43. The van der Waals surface area contributed by atoms with E-state index in [1.165, 1.54) is 103 Å². The number of benzene rings is 11. The van der Waals surface area contributed by atoms with Crippen molar-refractivity contribution in [1.29, 1.82) is 0 Å². The van der Waals surface area contributed by atoms with E-state index in [0.717, 1.165) is 17.1 Å². The summed E-state index contributed by atoms with van der Waals surface area (Å²) in [6, 6.07) is 93.0. The van der Waals surface area contributed by atoms with Crippen LogP contribution < -0.4 is 4.90 Å². The Morgan fingerprint density at radius 2 is 0.776 bits per heavy atom. The molecule has 2 aromatic heterocycles. The van der Waals surface area contributed by atoms with Crippen LogP contribution in [-0.4, -0.2) is 4.57 Å². The van der Waals surface area contributed by atoms with Gasteiger partial charge in [-0.3, -0.25) is 0 Å². The van der Waals surface area contributed by atoms with Crippen molar-refractivity contribution in [2.45, 2.75) is 0 Å². The van der Waals surface area contributed by atoms with Crippen molar-refractivity contribution < 1.29 is 0 Å². The summed E-state index contributed by atoms with van der Waals surface area (Å²) in [7, 11) is 0. The lowest BCUT2D eigenvalue weighted by atomic mass is 9.99. The van der Waals surface area contributed by atoms with Gasteiger partial charge in [0.25, 0.3) is 0 Å². The molecule has 314 valence electrons. The summed E-state index contributed by atoms with van der Waals surface area (Å²) in [5, 5.41) is 7.60. The van der Waals surface area contributed by atoms with Gasteiger partial charge in [-0.15, -0.1) is 11.3 Å². The molecule has 0 bridgehead atoms. The minimum absolute atomic E-state index is 1.09. The topological polar surface area (TPSA) is 8.17 Å². The second-order valence-corrected chi connectivity index (χ2v) is 18.3. The smallest absolute Gasteiger partial charge is 0.0541 e. The Hall–Kier alpha value is -8.50. The van der Waals surface area contributed by atoms with Crippen LogP contribution in [0, 0.1) is 0 Å². The van der Waals surface area contributed by atoms with E-state index < -0.39 is 0 Å². The molecule has 0 spiro atoms. The Morgan fingerprint density at radius 1 is 0.299 bits per heavy atom. The van der Waals surface area contributed by atoms with Crippen LogP contribution in [0.2, 0.25) is 0 Å². The van der Waals surface area contributed by atoms with Gasteiger partial charge in [0.15, 0.2) is 0 Å². The molecule has 0 fully saturated rings. The molecule has 0 amide bonds. The van der Waals surface area contributed by atoms with Gasteiger partial charge >= 0.3 is 0 Å². The number of anilines is 3. The Labute approximate surface area is 393 Å². The van der Waals surface area contributed by atoms with Crippen molar-refractivity contribution in [3.05, 3.63) is 255 Å². The van der Waals surface area contributed by atoms with E-state index in [-0.39, 0.29) is 0 Å². The van der Waals surface area contributed by atoms with E-state index in [4.69, 9.17) is 0 Å². The lowest BCUT2D eigenvalue weighted by molar-refractivity contribution is 1.20. The molecule has 13 rings (SSSR count). The molecule has 13 aromatic rings. The maximum absolute atomic E-state index is 2.43. The fourth-order valence-corrected chi connectivity index (χ4v) is 11.4. The summed E-state index contributed by atoms with van der Waals surface area (Å²) in [6.07, 6.45) is 0. The number of nitrogens with zero attached hydrogens (tertiary/aromatic N) is 2. The van der Waals surface area contributed by atoms with Crippen LogP contribution in [0.1, 0.15) is 0 Å². The molecular weight excluding hydrogens is 829 g/mol. The molecule has 0 radical (unpaired) electrons. The van der Waals surface area contributed by atoms with E-state index in [9.17, 15) is 0 Å². The molecule has 0 N–H and O–H groups in total. The summed E-state index contributed by atoms with van der Waals surface area (Å²) in [4.78, 5) is 2.37. The summed E-state index contributed by atoms with van der Waals surface area (Å²) in [6.45, 7) is 0. The lowest BCUT2D eigenvalue weighted by Crippen LogP contribution is -2.09. The Kier molecular flexibility index (Phi) is 9.40. The van der Waals surface area contributed by atoms with Gasteiger partial charge in [0.2, 0.25) is 0 Å². The zero-order valence-electron chi connectivity index (χ0n) is 36.6. The number of thiophene rings is 1. The first-order chi connectivity index (χ1) is 33.2. The quantitative estimate of drug-likeness (QED) is 0.148. The molecule has 0 saturated heterocycles. The third-order valence-corrected chi connectivity index (χ3v) is 14.7. The van der Waals surface area contributed by atoms with Crippen LogP contribution in [-0.2, 0) is 0 Å². The minimum Gasteiger partial charge on any atom is -0.311 e. The number of hydrogen-bond donors (Lipinski definition) is 0. The van der Waals surface area contributed by atoms with Crippen LogP contribution in [0.4, 0.5) is 17.1 Å². The molecule has 0 atom stereocenters. The third kappa shape index (κ3) is 6.79. The first-order valence-electron chi connectivity index (χ1n) is 22.9. The van der Waals surface area contributed by atoms with Gasteiger partial charge < -0.3 is 9.47 Å². The highest BCUT2D eigenvalue weighted by molar-refractivity contribution is 7.26. The van der Waals surface area contributed by atoms with Gasteiger partial charge in [-0.25, -0.2) is 0 Å². The van der Waals surface area contributed by atoms with Crippen molar-refractivity contribution in [3.8, 4) is 50.2 Å². The normalized spacial score (nSPS) is 11.6. The van der Waals surface area contributed by atoms with E-state index in [1.807, 2.05) is 11.3 Å². The molecule has 0 saturated carbocycles. The summed E-state index contributed by atoms with van der Waals surface area (Å²) in [5.74, 6) is 0. The van der Waals surface area contributed by atoms with Gasteiger partial charge in [-0.1, -0.05) is 188 Å². The van der Waals surface area contributed by atoms with Crippen molar-refractivity contribution in [2.24, 2.45) is 0 Å². The van der Waals surface area contributed by atoms with E-state index in [2.05, 4.69) is 264 Å². The molecule has 3 heteroatoms. The first-order valence-corrected chi connectivity index (χ1v) is 23.7. The predicted molar refractivity (Wildman–Crippen MR) is 288 cm³/mol. The highest BCUT2D eigenvalue weighted by atomic mass is 32.1. The fourth-order valence-electron chi connectivity index (χ4n) is 10.1. The summed E-state index contributed by atoms with van der Waals surface area (Å²) in [5.41, 5.74) is 16.6. The molecule has 0 unspecified atom stereocenters. The van der Waals surface area contributed by atoms with Crippen LogP contribution in [0.15, 0.2) is 255 Å². The largest absolute Gasteiger partial charge is 0.311 e. The van der Waals surface area contributed by atoms with Crippen LogP contribution in [0.3, 0.4) is 0 Å². The van der Waals surface area contributed by atoms with Crippen LogP contribution in [0.5, 0.6) is 0 Å². The second kappa shape index (κ2) is 16.2. The zero-order chi connectivity index (χ0) is 44.3. The molecule has 2 nitrogen and oxygen atoms in total. The standard InChI is InChI=1S/C64H42N2S/c1-2-12-43(13-3-1)44-24-26-45(27-25-44)46-28-35-51(36-29-46)65(53-39-32-49(33-40-53)55-19-11-20-58-57-18-7-9-23-63(57)67-64(55)58)52-37-30-47(31-38-52)50-34-41-62-59(42-50)56-17-6-8-21-61(56)66(62)60-22-10-15-48-14-4-5-16-54(48)60/h1-42H. The van der Waals surface area contributed by atoms with Crippen LogP contribution in [0.25, 0.3) is 103 Å². The minimum atomic E-state index is 1.09. The van der Waals surface area contributed by atoms with Crippen LogP contribution >= 0.6 is 11.3 Å². The van der Waals surface area contributed by atoms with Gasteiger partial charge in [0, 0.05) is 53.4 Å². The molecular formula is C64H42N2S. The van der Waals surface area contributed by atoms with E-state index >= 15 is 0 Å². The highest BCUT2D eigenvalue weighted by Gasteiger charge is 2.18. The molecule has 0 aliphatic rings. The predicted octanol–water partition coefficient (Wildman–Crippen LogP) is 18.4. The fraction of sp³-hybridized carbons (Fsp3) is 0. The number of aromatic nitrogens is 1. The SMILES string of the molecule is c1ccc(-c2ccc(-c3ccc(N(c4ccc(-c5ccc6c(c5)c5ccccc5n6-c5cccc6ccccc56)cc4)c4ccc(-c5cccc6c5sc5ccccc56)cc4)cc3)cc2)cc1. The maximum Gasteiger partial charge on any atom is 0.0541 e. The average Bonchev–Trinajstić information content (AvgIpc) is 3.95. The Morgan fingerprint density at radius 3 is 1.48 bits per heavy atom. The van der Waals surface area contributed by atoms with E-state index in [0.29, 0.717) is 0 Å². The second-order valence-electron chi connectivity index (χ2n) is 17.3. The number of rotatable bonds is 8.